The number of amides is 2. The van der Waals surface area contributed by atoms with Crippen LogP contribution in [0.25, 0.3) is 0 Å². The second kappa shape index (κ2) is 9.60. The maximum absolute atomic E-state index is 13.0. The lowest BCUT2D eigenvalue weighted by molar-refractivity contribution is -0.144. The van der Waals surface area contributed by atoms with E-state index in [1.54, 1.807) is 5.38 Å². The number of hydrogen-bond acceptors (Lipinski definition) is 10. The van der Waals surface area contributed by atoms with Crippen LogP contribution in [0.3, 0.4) is 0 Å². The summed E-state index contributed by atoms with van der Waals surface area (Å²) in [4.78, 5) is 47.4. The summed E-state index contributed by atoms with van der Waals surface area (Å²) >= 11 is 2.40. The molecule has 2 atom stereocenters. The number of nitrogen functional groups attached to an aromatic ring is 1. The third kappa shape index (κ3) is 4.84. The number of hydrogen-bond donors (Lipinski definition) is 4. The SMILES string of the molecule is NCc1ccc(CON=C(C(=O)NC2C(=O)N3C=C(C(=O)O)CS[C@H]23)c2csc(N)n2)cc1. The van der Waals surface area contributed by atoms with E-state index >= 15 is 0 Å². The normalized spacial score (nSPS) is 19.9. The molecule has 0 bridgehead atoms. The van der Waals surface area contributed by atoms with Crippen LogP contribution in [0.2, 0.25) is 0 Å². The number of carboxylic acids is 1. The first-order chi connectivity index (χ1) is 15.9. The summed E-state index contributed by atoms with van der Waals surface area (Å²) in [7, 11) is 0. The molecule has 2 aliphatic rings. The molecule has 11 nitrogen and oxygen atoms in total. The molecule has 2 aliphatic heterocycles. The minimum atomic E-state index is -1.08. The van der Waals surface area contributed by atoms with Gasteiger partial charge in [0.05, 0.1) is 5.57 Å². The quantitative estimate of drug-likeness (QED) is 0.234. The van der Waals surface area contributed by atoms with Gasteiger partial charge >= 0.3 is 5.97 Å². The number of carbonyl (C=O) groups excluding carboxylic acids is 2. The summed E-state index contributed by atoms with van der Waals surface area (Å²) in [5, 5.41) is 17.2. The summed E-state index contributed by atoms with van der Waals surface area (Å²) in [6, 6.07) is 6.62. The van der Waals surface area contributed by atoms with Gasteiger partial charge in [-0.25, -0.2) is 9.78 Å². The average Bonchev–Trinajstić information content (AvgIpc) is 3.25. The molecular weight excluding hydrogens is 468 g/mol. The minimum absolute atomic E-state index is 0.110. The van der Waals surface area contributed by atoms with Gasteiger partial charge in [-0.1, -0.05) is 29.4 Å². The van der Waals surface area contributed by atoms with E-state index in [9.17, 15) is 14.4 Å². The summed E-state index contributed by atoms with van der Waals surface area (Å²) in [5.41, 5.74) is 13.3. The molecule has 1 fully saturated rings. The number of carboxylic acid groups (broad SMARTS) is 1. The fourth-order valence-corrected chi connectivity index (χ4v) is 4.98. The lowest BCUT2D eigenvalue weighted by atomic mass is 10.1. The molecule has 6 N–H and O–H groups in total. The predicted octanol–water partition coefficient (Wildman–Crippen LogP) is 0.473. The fraction of sp³-hybridized carbons (Fsp3) is 0.250. The van der Waals surface area contributed by atoms with Crippen LogP contribution in [0.1, 0.15) is 16.8 Å². The number of benzene rings is 1. The summed E-state index contributed by atoms with van der Waals surface area (Å²) in [6.45, 7) is 0.539. The molecule has 2 aromatic rings. The molecule has 0 spiro atoms. The largest absolute Gasteiger partial charge is 0.478 e. The van der Waals surface area contributed by atoms with Gasteiger partial charge in [-0.05, 0) is 11.1 Å². The number of aromatic nitrogens is 1. The van der Waals surface area contributed by atoms with Crippen LogP contribution in [-0.4, -0.2) is 55.7 Å². The van der Waals surface area contributed by atoms with E-state index in [2.05, 4.69) is 15.5 Å². The van der Waals surface area contributed by atoms with Crippen molar-refractivity contribution >= 4 is 51.7 Å². The number of carbonyl (C=O) groups is 3. The van der Waals surface area contributed by atoms with Crippen molar-refractivity contribution in [1.82, 2.24) is 15.2 Å². The second-order valence-electron chi connectivity index (χ2n) is 7.16. The van der Waals surface area contributed by atoms with E-state index < -0.39 is 29.2 Å². The van der Waals surface area contributed by atoms with Crippen molar-refractivity contribution in [2.24, 2.45) is 10.9 Å². The van der Waals surface area contributed by atoms with Crippen molar-refractivity contribution in [1.29, 1.82) is 0 Å². The van der Waals surface area contributed by atoms with Crippen LogP contribution in [-0.2, 0) is 32.4 Å². The Hall–Kier alpha value is -3.42. The van der Waals surface area contributed by atoms with Crippen LogP contribution in [0, 0.1) is 0 Å². The molecule has 1 saturated heterocycles. The van der Waals surface area contributed by atoms with E-state index in [1.807, 2.05) is 24.3 Å². The van der Waals surface area contributed by atoms with E-state index in [0.717, 1.165) is 22.5 Å². The van der Waals surface area contributed by atoms with Crippen molar-refractivity contribution < 1.29 is 24.3 Å². The number of aliphatic carboxylic acids is 1. The first-order valence-corrected chi connectivity index (χ1v) is 11.7. The molecule has 0 aliphatic carbocycles. The highest BCUT2D eigenvalue weighted by Crippen LogP contribution is 2.36. The number of nitrogens with one attached hydrogen (secondary N) is 1. The molecule has 1 aromatic heterocycles. The smallest absolute Gasteiger partial charge is 0.333 e. The lowest BCUT2D eigenvalue weighted by Gasteiger charge is -2.46. The Morgan fingerprint density at radius 2 is 2.03 bits per heavy atom. The zero-order valence-electron chi connectivity index (χ0n) is 17.1. The van der Waals surface area contributed by atoms with Gasteiger partial charge in [0, 0.05) is 23.9 Å². The molecule has 4 rings (SSSR count). The van der Waals surface area contributed by atoms with Crippen LogP contribution < -0.4 is 16.8 Å². The Labute approximate surface area is 196 Å². The fourth-order valence-electron chi connectivity index (χ4n) is 3.18. The molecule has 1 aromatic carbocycles. The topological polar surface area (TPSA) is 173 Å². The van der Waals surface area contributed by atoms with Gasteiger partial charge in [0.25, 0.3) is 11.8 Å². The number of rotatable bonds is 8. The van der Waals surface area contributed by atoms with E-state index in [1.165, 1.54) is 22.9 Å². The highest BCUT2D eigenvalue weighted by atomic mass is 32.2. The first kappa shape index (κ1) is 22.8. The lowest BCUT2D eigenvalue weighted by Crippen LogP contribution is -2.69. The monoisotopic (exact) mass is 488 g/mol. The van der Waals surface area contributed by atoms with Gasteiger partial charge in [-0.15, -0.1) is 23.1 Å². The number of nitrogens with two attached hydrogens (primary N) is 2. The Bertz CT molecular complexity index is 1150. The van der Waals surface area contributed by atoms with Crippen LogP contribution in [0.4, 0.5) is 5.13 Å². The second-order valence-corrected chi connectivity index (χ2v) is 9.16. The van der Waals surface area contributed by atoms with Crippen molar-refractivity contribution in [3.8, 4) is 0 Å². The predicted molar refractivity (Wildman–Crippen MR) is 123 cm³/mol. The van der Waals surface area contributed by atoms with Gasteiger partial charge in [-0.2, -0.15) is 0 Å². The summed E-state index contributed by atoms with van der Waals surface area (Å²) in [5.74, 6) is -1.90. The van der Waals surface area contributed by atoms with Gasteiger partial charge < -0.3 is 31.6 Å². The Balaban J connectivity index is 1.46. The third-order valence-corrected chi connectivity index (χ3v) is 6.96. The van der Waals surface area contributed by atoms with E-state index in [0.29, 0.717) is 6.54 Å². The highest BCUT2D eigenvalue weighted by Gasteiger charge is 2.50. The van der Waals surface area contributed by atoms with Crippen LogP contribution in [0.5, 0.6) is 0 Å². The molecule has 0 saturated carbocycles. The van der Waals surface area contributed by atoms with Crippen molar-refractivity contribution in [3.05, 3.63) is 58.2 Å². The number of thioether (sulfide) groups is 1. The van der Waals surface area contributed by atoms with Gasteiger partial charge in [0.1, 0.15) is 23.7 Å². The highest BCUT2D eigenvalue weighted by molar-refractivity contribution is 8.00. The average molecular weight is 489 g/mol. The summed E-state index contributed by atoms with van der Waals surface area (Å²) < 4.78 is 0. The van der Waals surface area contributed by atoms with Crippen molar-refractivity contribution in [2.75, 3.05) is 11.5 Å². The number of fused-ring (bicyclic) bond motifs is 1. The maximum Gasteiger partial charge on any atom is 0.333 e. The number of oxime groups is 1. The Kier molecular flexibility index (Phi) is 6.62. The maximum atomic E-state index is 13.0. The molecule has 0 radical (unpaired) electrons. The van der Waals surface area contributed by atoms with E-state index in [4.69, 9.17) is 21.4 Å². The summed E-state index contributed by atoms with van der Waals surface area (Å²) in [6.07, 6.45) is 1.31. The third-order valence-electron chi connectivity index (χ3n) is 4.97. The standard InChI is InChI=1S/C20H20N6O5S2/c21-5-10-1-3-11(4-2-10)7-31-25-14(13-9-33-20(22)23-13)16(27)24-15-17(28)26-6-12(19(29)30)8-32-18(15)26/h1-4,6,9,15,18H,5,7-8,21H2,(H2,22,23)(H,24,27)(H,29,30)/t15?,18-/m1/s1. The number of anilines is 1. The number of nitrogens with zero attached hydrogens (tertiary/aromatic N) is 3. The first-order valence-electron chi connectivity index (χ1n) is 9.75. The number of thiazole rings is 1. The molecule has 13 heteroatoms. The van der Waals surface area contributed by atoms with Crippen LogP contribution >= 0.6 is 23.1 Å². The van der Waals surface area contributed by atoms with E-state index in [-0.39, 0.29) is 34.5 Å². The molecular formula is C20H20N6O5S2. The molecule has 172 valence electrons. The van der Waals surface area contributed by atoms with Crippen LogP contribution in [0.15, 0.2) is 46.6 Å². The zero-order chi connectivity index (χ0) is 23.5. The van der Waals surface area contributed by atoms with Gasteiger partial charge in [-0.3, -0.25) is 9.59 Å². The Morgan fingerprint density at radius 3 is 2.67 bits per heavy atom. The van der Waals surface area contributed by atoms with Crippen molar-refractivity contribution in [2.45, 2.75) is 24.6 Å². The van der Waals surface area contributed by atoms with Gasteiger partial charge in [0.2, 0.25) is 0 Å². The molecule has 1 unspecified atom stereocenters. The molecule has 3 heterocycles. The van der Waals surface area contributed by atoms with Crippen molar-refractivity contribution in [3.63, 3.8) is 0 Å². The zero-order valence-corrected chi connectivity index (χ0v) is 18.8. The molecule has 2 amide bonds. The minimum Gasteiger partial charge on any atom is -0.478 e. The number of β-lactam (4-membered cyclic amide) rings is 1. The Morgan fingerprint density at radius 1 is 1.30 bits per heavy atom. The molecule has 33 heavy (non-hydrogen) atoms. The van der Waals surface area contributed by atoms with Gasteiger partial charge in [0.15, 0.2) is 10.8 Å².